The fourth-order valence-electron chi connectivity index (χ4n) is 3.07. The minimum atomic E-state index is -0.409. The normalized spacial score (nSPS) is 11.1. The van der Waals surface area contributed by atoms with Crippen molar-refractivity contribution < 1.29 is 4.39 Å². The molecule has 2 nitrogen and oxygen atoms in total. The molecule has 0 aliphatic carbocycles. The Bertz CT molecular complexity index is 1020. The van der Waals surface area contributed by atoms with Gasteiger partial charge in [0, 0.05) is 34.4 Å². The average Bonchev–Trinajstić information content (AvgIpc) is 3.01. The smallest absolute Gasteiger partial charge is 0.215 e. The molecule has 2 aromatic carbocycles. The van der Waals surface area contributed by atoms with Crippen LogP contribution in [0, 0.1) is 12.9 Å². The summed E-state index contributed by atoms with van der Waals surface area (Å²) in [5.74, 6) is -0.409. The molecule has 0 aliphatic heterocycles. The first-order valence-corrected chi connectivity index (χ1v) is 7.97. The number of benzene rings is 2. The van der Waals surface area contributed by atoms with Crippen molar-refractivity contribution >= 4 is 10.9 Å². The Morgan fingerprint density at radius 3 is 2.75 bits per heavy atom. The summed E-state index contributed by atoms with van der Waals surface area (Å²) in [4.78, 5) is 7.15. The quantitative estimate of drug-likeness (QED) is 0.513. The molecule has 0 saturated carbocycles. The van der Waals surface area contributed by atoms with E-state index in [0.717, 1.165) is 23.1 Å². The van der Waals surface area contributed by atoms with Crippen LogP contribution in [0.5, 0.6) is 0 Å². The van der Waals surface area contributed by atoms with Crippen LogP contribution in [-0.4, -0.2) is 9.97 Å². The van der Waals surface area contributed by atoms with Crippen molar-refractivity contribution in [1.29, 1.82) is 0 Å². The Labute approximate surface area is 140 Å². The molecule has 0 fully saturated rings. The predicted molar refractivity (Wildman–Crippen MR) is 95.5 cm³/mol. The van der Waals surface area contributed by atoms with Gasteiger partial charge < -0.3 is 4.98 Å². The highest BCUT2D eigenvalue weighted by Gasteiger charge is 2.07. The summed E-state index contributed by atoms with van der Waals surface area (Å²) >= 11 is 0. The molecule has 0 atom stereocenters. The van der Waals surface area contributed by atoms with Crippen LogP contribution in [0.15, 0.2) is 67.0 Å². The molecule has 0 amide bonds. The maximum Gasteiger partial charge on any atom is 0.215 e. The zero-order chi connectivity index (χ0) is 16.5. The van der Waals surface area contributed by atoms with Gasteiger partial charge in [0.05, 0.1) is 0 Å². The molecule has 4 rings (SSSR count). The molecule has 24 heavy (non-hydrogen) atoms. The number of nitrogens with zero attached hydrogens (tertiary/aromatic N) is 1. The van der Waals surface area contributed by atoms with Crippen LogP contribution in [-0.2, 0) is 6.42 Å². The van der Waals surface area contributed by atoms with Crippen LogP contribution in [0.4, 0.5) is 4.39 Å². The second kappa shape index (κ2) is 5.93. The predicted octanol–water partition coefficient (Wildman–Crippen LogP) is 5.27. The van der Waals surface area contributed by atoms with Gasteiger partial charge in [-0.1, -0.05) is 42.5 Å². The molecule has 2 heterocycles. The lowest BCUT2D eigenvalue weighted by Gasteiger charge is -2.06. The van der Waals surface area contributed by atoms with Gasteiger partial charge in [-0.25, -0.2) is 4.98 Å². The lowest BCUT2D eigenvalue weighted by atomic mass is 9.99. The zero-order valence-electron chi connectivity index (χ0n) is 13.4. The first-order chi connectivity index (χ1) is 11.7. The average molecular weight is 316 g/mol. The van der Waals surface area contributed by atoms with E-state index < -0.39 is 5.95 Å². The highest BCUT2D eigenvalue weighted by Crippen LogP contribution is 2.25. The van der Waals surface area contributed by atoms with Crippen LogP contribution < -0.4 is 0 Å². The van der Waals surface area contributed by atoms with Crippen molar-refractivity contribution in [3.8, 4) is 11.1 Å². The van der Waals surface area contributed by atoms with Gasteiger partial charge in [0.1, 0.15) is 0 Å². The van der Waals surface area contributed by atoms with E-state index in [9.17, 15) is 4.39 Å². The summed E-state index contributed by atoms with van der Waals surface area (Å²) < 4.78 is 13.4. The van der Waals surface area contributed by atoms with E-state index in [1.165, 1.54) is 16.5 Å². The standard InChI is InChI=1S/C21H17FN2/c1-14-9-17(12-24-21(14)22)16-6-4-5-15(10-16)11-18-13-23-20-8-3-2-7-19(18)20/h2-10,12-13,23H,11H2,1H3. The van der Waals surface area contributed by atoms with Crippen LogP contribution in [0.2, 0.25) is 0 Å². The SMILES string of the molecule is Cc1cc(-c2cccc(Cc3c[nH]c4ccccc34)c2)cnc1F. The lowest BCUT2D eigenvalue weighted by molar-refractivity contribution is 0.575. The van der Waals surface area contributed by atoms with E-state index in [1.54, 1.807) is 13.1 Å². The van der Waals surface area contributed by atoms with E-state index in [2.05, 4.69) is 46.5 Å². The molecule has 0 spiro atoms. The number of aromatic nitrogens is 2. The van der Waals surface area contributed by atoms with Crippen LogP contribution in [0.3, 0.4) is 0 Å². The van der Waals surface area contributed by atoms with E-state index in [4.69, 9.17) is 0 Å². The van der Waals surface area contributed by atoms with Crippen molar-refractivity contribution in [1.82, 2.24) is 9.97 Å². The third-order valence-electron chi connectivity index (χ3n) is 4.34. The lowest BCUT2D eigenvalue weighted by Crippen LogP contribution is -1.91. The van der Waals surface area contributed by atoms with Gasteiger partial charge in [-0.3, -0.25) is 0 Å². The number of rotatable bonds is 3. The maximum absolute atomic E-state index is 13.4. The molecule has 4 aromatic rings. The molecule has 0 saturated heterocycles. The van der Waals surface area contributed by atoms with Crippen LogP contribution in [0.1, 0.15) is 16.7 Å². The van der Waals surface area contributed by atoms with Crippen molar-refractivity contribution in [2.75, 3.05) is 0 Å². The first kappa shape index (κ1) is 14.6. The van der Waals surface area contributed by atoms with E-state index in [0.29, 0.717) is 5.56 Å². The number of H-pyrrole nitrogens is 1. The fourth-order valence-corrected chi connectivity index (χ4v) is 3.07. The molecule has 0 unspecified atom stereocenters. The fraction of sp³-hybridized carbons (Fsp3) is 0.0952. The van der Waals surface area contributed by atoms with Gasteiger partial charge in [-0.2, -0.15) is 4.39 Å². The maximum atomic E-state index is 13.4. The van der Waals surface area contributed by atoms with Gasteiger partial charge in [-0.15, -0.1) is 0 Å². The van der Waals surface area contributed by atoms with Crippen LogP contribution >= 0.6 is 0 Å². The molecule has 0 radical (unpaired) electrons. The summed E-state index contributed by atoms with van der Waals surface area (Å²) in [5, 5.41) is 1.25. The number of halogens is 1. The molecular formula is C21H17FN2. The molecule has 0 bridgehead atoms. The second-order valence-electron chi connectivity index (χ2n) is 6.07. The monoisotopic (exact) mass is 316 g/mol. The van der Waals surface area contributed by atoms with Gasteiger partial charge in [0.2, 0.25) is 5.95 Å². The summed E-state index contributed by atoms with van der Waals surface area (Å²) in [5.41, 5.74) is 6.21. The topological polar surface area (TPSA) is 28.7 Å². The Kier molecular flexibility index (Phi) is 3.62. The zero-order valence-corrected chi connectivity index (χ0v) is 13.4. The number of hydrogen-bond donors (Lipinski definition) is 1. The Morgan fingerprint density at radius 1 is 1.00 bits per heavy atom. The van der Waals surface area contributed by atoms with E-state index in [1.807, 2.05) is 24.3 Å². The Morgan fingerprint density at radius 2 is 1.88 bits per heavy atom. The number of para-hydroxylation sites is 1. The van der Waals surface area contributed by atoms with Gasteiger partial charge in [-0.05, 0) is 42.2 Å². The molecule has 0 aliphatic rings. The van der Waals surface area contributed by atoms with Crippen molar-refractivity contribution in [2.45, 2.75) is 13.3 Å². The third kappa shape index (κ3) is 2.69. The highest BCUT2D eigenvalue weighted by atomic mass is 19.1. The molecule has 3 heteroatoms. The third-order valence-corrected chi connectivity index (χ3v) is 4.34. The summed E-state index contributed by atoms with van der Waals surface area (Å²) in [7, 11) is 0. The minimum Gasteiger partial charge on any atom is -0.361 e. The van der Waals surface area contributed by atoms with Crippen molar-refractivity contribution in [2.24, 2.45) is 0 Å². The van der Waals surface area contributed by atoms with Crippen LogP contribution in [0.25, 0.3) is 22.0 Å². The number of hydrogen-bond acceptors (Lipinski definition) is 1. The summed E-state index contributed by atoms with van der Waals surface area (Å²) in [6.45, 7) is 1.74. The van der Waals surface area contributed by atoms with Crippen molar-refractivity contribution in [3.05, 3.63) is 89.6 Å². The van der Waals surface area contributed by atoms with E-state index >= 15 is 0 Å². The van der Waals surface area contributed by atoms with Gasteiger partial charge >= 0.3 is 0 Å². The number of aromatic amines is 1. The second-order valence-corrected chi connectivity index (χ2v) is 6.07. The molecule has 2 aromatic heterocycles. The highest BCUT2D eigenvalue weighted by molar-refractivity contribution is 5.83. The number of pyridine rings is 1. The Balaban J connectivity index is 1.68. The summed E-state index contributed by atoms with van der Waals surface area (Å²) in [6.07, 6.45) is 4.51. The minimum absolute atomic E-state index is 0.409. The molecule has 1 N–H and O–H groups in total. The molecule has 118 valence electrons. The number of fused-ring (bicyclic) bond motifs is 1. The van der Waals surface area contributed by atoms with Gasteiger partial charge in [0.15, 0.2) is 0 Å². The molecular weight excluding hydrogens is 299 g/mol. The largest absolute Gasteiger partial charge is 0.361 e. The first-order valence-electron chi connectivity index (χ1n) is 7.97. The summed E-state index contributed by atoms with van der Waals surface area (Å²) in [6, 6.07) is 18.5. The van der Waals surface area contributed by atoms with E-state index in [-0.39, 0.29) is 0 Å². The van der Waals surface area contributed by atoms with Gasteiger partial charge in [0.25, 0.3) is 0 Å². The number of aryl methyl sites for hydroxylation is 1. The number of nitrogens with one attached hydrogen (secondary N) is 1. The van der Waals surface area contributed by atoms with Crippen molar-refractivity contribution in [3.63, 3.8) is 0 Å². The Hall–Kier alpha value is -2.94.